The molecule has 3 nitrogen and oxygen atoms in total. The topological polar surface area (TPSA) is 28.2 Å². The molecule has 4 heteroatoms. The molecule has 96 valence electrons. The number of nitrogens with one attached hydrogen (secondary N) is 1. The summed E-state index contributed by atoms with van der Waals surface area (Å²) in [5.74, 6) is 0.907. The fraction of sp³-hybridized carbons (Fsp3) is 0.769. The molecule has 0 bridgehead atoms. The van der Waals surface area contributed by atoms with Crippen LogP contribution in [0.5, 0.6) is 0 Å². The molecule has 2 heterocycles. The van der Waals surface area contributed by atoms with Crippen LogP contribution in [0.3, 0.4) is 0 Å². The molecular formula is C13H23N3S. The number of hydrogen-bond donors (Lipinski definition) is 1. The summed E-state index contributed by atoms with van der Waals surface area (Å²) in [7, 11) is 2.04. The number of aryl methyl sites for hydroxylation is 1. The Morgan fingerprint density at radius 3 is 2.82 bits per heavy atom. The highest BCUT2D eigenvalue weighted by molar-refractivity contribution is 7.13. The summed E-state index contributed by atoms with van der Waals surface area (Å²) in [5.41, 5.74) is 1.24. The van der Waals surface area contributed by atoms with Crippen LogP contribution in [0.4, 0.5) is 5.13 Å². The van der Waals surface area contributed by atoms with E-state index in [9.17, 15) is 0 Å². The molecule has 1 aliphatic rings. The van der Waals surface area contributed by atoms with Crippen LogP contribution in [0, 0.1) is 5.92 Å². The van der Waals surface area contributed by atoms with E-state index < -0.39 is 0 Å². The first-order valence-corrected chi connectivity index (χ1v) is 7.55. The number of thiazole rings is 1. The number of nitrogens with zero attached hydrogens (tertiary/aromatic N) is 2. The van der Waals surface area contributed by atoms with Gasteiger partial charge in [-0.05, 0) is 45.2 Å². The summed E-state index contributed by atoms with van der Waals surface area (Å²) >= 11 is 1.80. The van der Waals surface area contributed by atoms with E-state index in [0.29, 0.717) is 0 Å². The van der Waals surface area contributed by atoms with E-state index in [1.165, 1.54) is 43.2 Å². The summed E-state index contributed by atoms with van der Waals surface area (Å²) in [6, 6.07) is 0. The minimum Gasteiger partial charge on any atom is -0.348 e. The van der Waals surface area contributed by atoms with Gasteiger partial charge in [0.1, 0.15) is 0 Å². The van der Waals surface area contributed by atoms with Crippen LogP contribution in [0.2, 0.25) is 0 Å². The smallest absolute Gasteiger partial charge is 0.185 e. The monoisotopic (exact) mass is 253 g/mol. The molecule has 2 rings (SSSR count). The van der Waals surface area contributed by atoms with Crippen molar-refractivity contribution in [1.29, 1.82) is 0 Å². The van der Waals surface area contributed by atoms with Crippen LogP contribution in [-0.2, 0) is 6.42 Å². The summed E-state index contributed by atoms with van der Waals surface area (Å²) in [6.45, 7) is 5.70. The first-order valence-electron chi connectivity index (χ1n) is 6.67. The third-order valence-corrected chi connectivity index (χ3v) is 4.54. The van der Waals surface area contributed by atoms with Crippen LogP contribution in [-0.4, -0.2) is 31.7 Å². The van der Waals surface area contributed by atoms with E-state index in [-0.39, 0.29) is 0 Å². The molecule has 0 aromatic carbocycles. The molecule has 0 saturated carbocycles. The van der Waals surface area contributed by atoms with Crippen molar-refractivity contribution in [2.45, 2.75) is 32.6 Å². The van der Waals surface area contributed by atoms with Crippen LogP contribution < -0.4 is 10.2 Å². The van der Waals surface area contributed by atoms with Gasteiger partial charge in [0.15, 0.2) is 5.13 Å². The molecule has 0 radical (unpaired) electrons. The van der Waals surface area contributed by atoms with E-state index in [1.807, 2.05) is 7.05 Å². The Morgan fingerprint density at radius 1 is 1.47 bits per heavy atom. The lowest BCUT2D eigenvalue weighted by Gasteiger charge is -2.31. The van der Waals surface area contributed by atoms with Crippen LogP contribution in [0.1, 0.15) is 31.9 Å². The third-order valence-electron chi connectivity index (χ3n) is 3.59. The van der Waals surface area contributed by atoms with E-state index in [1.54, 1.807) is 11.3 Å². The molecule has 0 atom stereocenters. The Bertz CT molecular complexity index is 329. The van der Waals surface area contributed by atoms with E-state index in [2.05, 4.69) is 27.5 Å². The summed E-state index contributed by atoms with van der Waals surface area (Å²) in [4.78, 5) is 7.13. The maximum absolute atomic E-state index is 4.67. The number of rotatable bonds is 5. The van der Waals surface area contributed by atoms with Gasteiger partial charge in [-0.1, -0.05) is 6.92 Å². The SMILES string of the molecule is CCc1csc(N2CCC(CCNC)CC2)n1. The standard InChI is InChI=1S/C13H23N3S/c1-3-12-10-17-13(15-12)16-8-5-11(6-9-16)4-7-14-2/h10-11,14H,3-9H2,1-2H3. The van der Waals surface area contributed by atoms with Gasteiger partial charge >= 0.3 is 0 Å². The minimum atomic E-state index is 0.907. The highest BCUT2D eigenvalue weighted by Crippen LogP contribution is 2.27. The maximum atomic E-state index is 4.67. The molecule has 0 spiro atoms. The molecular weight excluding hydrogens is 230 g/mol. The zero-order chi connectivity index (χ0) is 12.1. The van der Waals surface area contributed by atoms with E-state index >= 15 is 0 Å². The molecule has 0 aliphatic carbocycles. The normalized spacial score (nSPS) is 17.6. The Balaban J connectivity index is 1.82. The van der Waals surface area contributed by atoms with Crippen molar-refractivity contribution in [3.8, 4) is 0 Å². The first kappa shape index (κ1) is 12.8. The summed E-state index contributed by atoms with van der Waals surface area (Å²) in [6.07, 6.45) is 5.02. The van der Waals surface area contributed by atoms with Gasteiger partial charge in [-0.2, -0.15) is 0 Å². The van der Waals surface area contributed by atoms with Crippen LogP contribution in [0.25, 0.3) is 0 Å². The summed E-state index contributed by atoms with van der Waals surface area (Å²) < 4.78 is 0. The summed E-state index contributed by atoms with van der Waals surface area (Å²) in [5, 5.41) is 6.67. The lowest BCUT2D eigenvalue weighted by molar-refractivity contribution is 0.378. The molecule has 0 unspecified atom stereocenters. The average molecular weight is 253 g/mol. The molecule has 1 aromatic heterocycles. The molecule has 1 aromatic rings. The minimum absolute atomic E-state index is 0.907. The predicted molar refractivity (Wildman–Crippen MR) is 75.0 cm³/mol. The van der Waals surface area contributed by atoms with Gasteiger partial charge in [-0.25, -0.2) is 4.98 Å². The van der Waals surface area contributed by atoms with Crippen molar-refractivity contribution in [3.63, 3.8) is 0 Å². The second kappa shape index (κ2) is 6.36. The molecule has 1 saturated heterocycles. The first-order chi connectivity index (χ1) is 8.33. The van der Waals surface area contributed by atoms with Crippen molar-refractivity contribution < 1.29 is 0 Å². The lowest BCUT2D eigenvalue weighted by atomic mass is 9.94. The highest BCUT2D eigenvalue weighted by atomic mass is 32.1. The van der Waals surface area contributed by atoms with Gasteiger partial charge < -0.3 is 10.2 Å². The van der Waals surface area contributed by atoms with Crippen LogP contribution >= 0.6 is 11.3 Å². The maximum Gasteiger partial charge on any atom is 0.185 e. The van der Waals surface area contributed by atoms with Gasteiger partial charge in [0.25, 0.3) is 0 Å². The van der Waals surface area contributed by atoms with Crippen molar-refractivity contribution in [1.82, 2.24) is 10.3 Å². The number of aromatic nitrogens is 1. The zero-order valence-electron chi connectivity index (χ0n) is 10.9. The zero-order valence-corrected chi connectivity index (χ0v) is 11.7. The van der Waals surface area contributed by atoms with Crippen molar-refractivity contribution in [3.05, 3.63) is 11.1 Å². The van der Waals surface area contributed by atoms with E-state index in [0.717, 1.165) is 18.9 Å². The van der Waals surface area contributed by atoms with Gasteiger partial charge in [0.2, 0.25) is 0 Å². The lowest BCUT2D eigenvalue weighted by Crippen LogP contribution is -2.34. The Kier molecular flexibility index (Phi) is 4.80. The quantitative estimate of drug-likeness (QED) is 0.874. The Morgan fingerprint density at radius 2 is 2.24 bits per heavy atom. The molecule has 0 amide bonds. The third kappa shape index (κ3) is 3.42. The van der Waals surface area contributed by atoms with Gasteiger partial charge in [-0.3, -0.25) is 0 Å². The fourth-order valence-electron chi connectivity index (χ4n) is 2.37. The van der Waals surface area contributed by atoms with Crippen LogP contribution in [0.15, 0.2) is 5.38 Å². The van der Waals surface area contributed by atoms with Crippen molar-refractivity contribution >= 4 is 16.5 Å². The molecule has 1 N–H and O–H groups in total. The average Bonchev–Trinajstić information content (AvgIpc) is 2.86. The highest BCUT2D eigenvalue weighted by Gasteiger charge is 2.20. The number of anilines is 1. The molecule has 17 heavy (non-hydrogen) atoms. The fourth-order valence-corrected chi connectivity index (χ4v) is 3.33. The van der Waals surface area contributed by atoms with E-state index in [4.69, 9.17) is 0 Å². The molecule has 1 fully saturated rings. The van der Waals surface area contributed by atoms with Crippen molar-refractivity contribution in [2.75, 3.05) is 31.6 Å². The van der Waals surface area contributed by atoms with Gasteiger partial charge in [0.05, 0.1) is 5.69 Å². The number of hydrogen-bond acceptors (Lipinski definition) is 4. The predicted octanol–water partition coefficient (Wildman–Crippen LogP) is 2.53. The van der Waals surface area contributed by atoms with Gasteiger partial charge in [-0.15, -0.1) is 11.3 Å². The Labute approximate surface area is 108 Å². The second-order valence-corrected chi connectivity index (χ2v) is 5.63. The van der Waals surface area contributed by atoms with Gasteiger partial charge in [0, 0.05) is 18.5 Å². The molecule has 1 aliphatic heterocycles. The Hall–Kier alpha value is -0.610. The van der Waals surface area contributed by atoms with Crippen molar-refractivity contribution in [2.24, 2.45) is 5.92 Å². The largest absolute Gasteiger partial charge is 0.348 e. The second-order valence-electron chi connectivity index (χ2n) is 4.80. The number of piperidine rings is 1.